The molecule has 0 bridgehead atoms. The summed E-state index contributed by atoms with van der Waals surface area (Å²) >= 11 is 0. The Morgan fingerprint density at radius 3 is 2.52 bits per heavy atom. The van der Waals surface area contributed by atoms with E-state index < -0.39 is 5.63 Å². The Hall–Kier alpha value is -3.40. The van der Waals surface area contributed by atoms with Crippen LogP contribution in [-0.4, -0.2) is 5.71 Å². The Morgan fingerprint density at radius 2 is 1.68 bits per heavy atom. The number of hydrogen-bond donors (Lipinski definition) is 1. The Morgan fingerprint density at radius 1 is 0.960 bits per heavy atom. The highest BCUT2D eigenvalue weighted by atomic mass is 16.4. The molecule has 0 aliphatic carbocycles. The molecule has 0 aliphatic heterocycles. The lowest BCUT2D eigenvalue weighted by Gasteiger charge is -2.07. The molecule has 0 spiro atoms. The zero-order valence-corrected chi connectivity index (χ0v) is 13.7. The van der Waals surface area contributed by atoms with Crippen LogP contribution in [0.15, 0.2) is 80.9 Å². The molecule has 1 aromatic heterocycles. The lowest BCUT2D eigenvalue weighted by molar-refractivity contribution is 0.559. The van der Waals surface area contributed by atoms with Gasteiger partial charge in [-0.1, -0.05) is 42.5 Å². The average molecular weight is 328 g/mol. The standard InChI is InChI=1S/C21H16N2O2/c1-13(16-12-15-6-2-3-11-19(15)25-21(16)24)23-18-10-5-8-14-7-4-9-17(22)20(14)18/h2-12H,22H2,1H3. The van der Waals surface area contributed by atoms with Crippen molar-refractivity contribution in [2.24, 2.45) is 4.99 Å². The maximum atomic E-state index is 12.3. The lowest BCUT2D eigenvalue weighted by Crippen LogP contribution is -2.11. The van der Waals surface area contributed by atoms with Crippen molar-refractivity contribution in [2.75, 3.05) is 5.73 Å². The van der Waals surface area contributed by atoms with Crippen molar-refractivity contribution in [1.29, 1.82) is 0 Å². The number of nitrogen functional groups attached to an aromatic ring is 1. The van der Waals surface area contributed by atoms with Crippen LogP contribution < -0.4 is 11.4 Å². The van der Waals surface area contributed by atoms with Crippen molar-refractivity contribution in [2.45, 2.75) is 6.92 Å². The zero-order valence-electron chi connectivity index (χ0n) is 13.7. The van der Waals surface area contributed by atoms with Gasteiger partial charge in [0.15, 0.2) is 0 Å². The fourth-order valence-corrected chi connectivity index (χ4v) is 3.00. The van der Waals surface area contributed by atoms with Gasteiger partial charge in [-0.2, -0.15) is 0 Å². The van der Waals surface area contributed by atoms with Crippen molar-refractivity contribution < 1.29 is 4.42 Å². The number of para-hydroxylation sites is 1. The van der Waals surface area contributed by atoms with E-state index in [4.69, 9.17) is 10.2 Å². The Kier molecular flexibility index (Phi) is 3.58. The summed E-state index contributed by atoms with van der Waals surface area (Å²) in [4.78, 5) is 17.0. The van der Waals surface area contributed by atoms with Gasteiger partial charge in [0.25, 0.3) is 0 Å². The van der Waals surface area contributed by atoms with E-state index in [-0.39, 0.29) is 0 Å². The van der Waals surface area contributed by atoms with Gasteiger partial charge in [-0.25, -0.2) is 4.79 Å². The third-order valence-electron chi connectivity index (χ3n) is 4.23. The summed E-state index contributed by atoms with van der Waals surface area (Å²) in [5.74, 6) is 0. The van der Waals surface area contributed by atoms with Gasteiger partial charge >= 0.3 is 5.63 Å². The van der Waals surface area contributed by atoms with Crippen LogP contribution in [0.25, 0.3) is 21.7 Å². The van der Waals surface area contributed by atoms with Gasteiger partial charge in [0.2, 0.25) is 0 Å². The maximum absolute atomic E-state index is 12.3. The summed E-state index contributed by atoms with van der Waals surface area (Å²) in [6.45, 7) is 1.80. The lowest BCUT2D eigenvalue weighted by atomic mass is 10.1. The van der Waals surface area contributed by atoms with Gasteiger partial charge in [-0.3, -0.25) is 4.99 Å². The second-order valence-electron chi connectivity index (χ2n) is 5.91. The van der Waals surface area contributed by atoms with Gasteiger partial charge in [0.05, 0.1) is 17.0 Å². The third kappa shape index (κ3) is 2.68. The van der Waals surface area contributed by atoms with E-state index >= 15 is 0 Å². The van der Waals surface area contributed by atoms with Crippen LogP contribution in [0.5, 0.6) is 0 Å². The molecule has 0 saturated carbocycles. The molecule has 0 fully saturated rings. The van der Waals surface area contributed by atoms with Crippen LogP contribution in [0, 0.1) is 0 Å². The first kappa shape index (κ1) is 15.1. The van der Waals surface area contributed by atoms with Crippen LogP contribution in [0.2, 0.25) is 0 Å². The minimum absolute atomic E-state index is 0.395. The predicted octanol–water partition coefficient (Wildman–Crippen LogP) is 4.67. The van der Waals surface area contributed by atoms with E-state index in [2.05, 4.69) is 4.99 Å². The number of hydrogen-bond acceptors (Lipinski definition) is 4. The van der Waals surface area contributed by atoms with Crippen LogP contribution in [-0.2, 0) is 0 Å². The monoisotopic (exact) mass is 328 g/mol. The first-order valence-electron chi connectivity index (χ1n) is 7.99. The second-order valence-corrected chi connectivity index (χ2v) is 5.91. The van der Waals surface area contributed by atoms with Crippen molar-refractivity contribution in [3.05, 3.63) is 82.7 Å². The molecule has 4 heteroatoms. The summed E-state index contributed by atoms with van der Waals surface area (Å²) in [6, 6.07) is 20.8. The van der Waals surface area contributed by atoms with E-state index in [1.165, 1.54) is 0 Å². The van der Waals surface area contributed by atoms with Crippen LogP contribution >= 0.6 is 0 Å². The van der Waals surface area contributed by atoms with E-state index in [9.17, 15) is 4.79 Å². The SMILES string of the molecule is CC(=Nc1cccc2cccc(N)c12)c1cc2ccccc2oc1=O. The molecular formula is C21H16N2O2. The first-order chi connectivity index (χ1) is 12.1. The average Bonchev–Trinajstić information content (AvgIpc) is 2.61. The molecule has 122 valence electrons. The molecule has 0 saturated heterocycles. The van der Waals surface area contributed by atoms with Crippen LogP contribution in [0.4, 0.5) is 11.4 Å². The molecule has 2 N–H and O–H groups in total. The summed E-state index contributed by atoms with van der Waals surface area (Å²) in [7, 11) is 0. The molecular weight excluding hydrogens is 312 g/mol. The van der Waals surface area contributed by atoms with Gasteiger partial charge < -0.3 is 10.2 Å². The van der Waals surface area contributed by atoms with Crippen molar-refractivity contribution >= 4 is 38.8 Å². The predicted molar refractivity (Wildman–Crippen MR) is 103 cm³/mol. The van der Waals surface area contributed by atoms with Crippen molar-refractivity contribution in [1.82, 2.24) is 0 Å². The van der Waals surface area contributed by atoms with E-state index in [0.717, 1.165) is 21.8 Å². The van der Waals surface area contributed by atoms with Crippen LogP contribution in [0.3, 0.4) is 0 Å². The third-order valence-corrected chi connectivity index (χ3v) is 4.23. The number of rotatable bonds is 2. The molecule has 4 aromatic rings. The fraction of sp³-hybridized carbons (Fsp3) is 0.0476. The van der Waals surface area contributed by atoms with Crippen LogP contribution in [0.1, 0.15) is 12.5 Å². The quantitative estimate of drug-likeness (QED) is 0.330. The summed E-state index contributed by atoms with van der Waals surface area (Å²) in [5.41, 5.74) is 8.74. The number of aliphatic imine (C=N–C) groups is 1. The Bertz CT molecular complexity index is 1180. The largest absolute Gasteiger partial charge is 0.422 e. The van der Waals surface area contributed by atoms with Crippen molar-refractivity contribution in [3.8, 4) is 0 Å². The fourth-order valence-electron chi connectivity index (χ4n) is 3.00. The van der Waals surface area contributed by atoms with Gasteiger partial charge in [-0.05, 0) is 36.6 Å². The summed E-state index contributed by atoms with van der Waals surface area (Å²) < 4.78 is 5.40. The minimum atomic E-state index is -0.395. The number of benzene rings is 3. The first-order valence-corrected chi connectivity index (χ1v) is 7.99. The second kappa shape index (κ2) is 5.91. The van der Waals surface area contributed by atoms with Crippen molar-refractivity contribution in [3.63, 3.8) is 0 Å². The van der Waals surface area contributed by atoms with Gasteiger partial charge in [-0.15, -0.1) is 0 Å². The molecule has 0 amide bonds. The number of fused-ring (bicyclic) bond motifs is 2. The number of nitrogens with two attached hydrogens (primary N) is 1. The molecule has 0 atom stereocenters. The normalized spacial score (nSPS) is 12.0. The highest BCUT2D eigenvalue weighted by molar-refractivity contribution is 6.07. The maximum Gasteiger partial charge on any atom is 0.345 e. The van der Waals surface area contributed by atoms with Gasteiger partial charge in [0, 0.05) is 16.5 Å². The molecule has 0 aliphatic rings. The summed E-state index contributed by atoms with van der Waals surface area (Å²) in [6.07, 6.45) is 0. The Labute approximate surface area is 144 Å². The highest BCUT2D eigenvalue weighted by Crippen LogP contribution is 2.31. The molecule has 0 unspecified atom stereocenters. The molecule has 1 heterocycles. The highest BCUT2D eigenvalue weighted by Gasteiger charge is 2.10. The smallest absolute Gasteiger partial charge is 0.345 e. The molecule has 3 aromatic carbocycles. The summed E-state index contributed by atoms with van der Waals surface area (Å²) in [5, 5.41) is 2.76. The van der Waals surface area contributed by atoms with E-state index in [1.807, 2.05) is 60.7 Å². The number of anilines is 1. The molecule has 25 heavy (non-hydrogen) atoms. The molecule has 0 radical (unpaired) electrons. The Balaban J connectivity index is 1.91. The van der Waals surface area contributed by atoms with Gasteiger partial charge in [0.1, 0.15) is 5.58 Å². The topological polar surface area (TPSA) is 68.6 Å². The molecule has 4 rings (SSSR count). The zero-order chi connectivity index (χ0) is 17.4. The molecule has 4 nitrogen and oxygen atoms in total. The van der Waals surface area contributed by atoms with E-state index in [0.29, 0.717) is 22.5 Å². The minimum Gasteiger partial charge on any atom is -0.422 e. The van der Waals surface area contributed by atoms with E-state index in [1.54, 1.807) is 13.0 Å². The number of nitrogens with zero attached hydrogens (tertiary/aromatic N) is 1.